The van der Waals surface area contributed by atoms with Crippen LogP contribution >= 0.6 is 11.8 Å². The Hall–Kier alpha value is -2.69. The highest BCUT2D eigenvalue weighted by atomic mass is 32.2. The molecule has 0 saturated carbocycles. The van der Waals surface area contributed by atoms with Gasteiger partial charge in [0, 0.05) is 31.7 Å². The average molecular weight is 486 g/mol. The molecular weight excluding hydrogens is 458 g/mol. The van der Waals surface area contributed by atoms with Crippen molar-refractivity contribution in [2.45, 2.75) is 35.7 Å². The molecule has 0 bridgehead atoms. The lowest BCUT2D eigenvalue weighted by Gasteiger charge is -2.31. The minimum atomic E-state index is -3.55. The SMILES string of the molecule is Cc1ccc(NC(=O)CSc2nnc([C@@H]3CCCN(S(=O)(=O)c4ccccc4)C3)n2C)cc1. The molecule has 10 heteroatoms. The fourth-order valence-electron chi connectivity index (χ4n) is 3.88. The van der Waals surface area contributed by atoms with Crippen LogP contribution in [0, 0.1) is 6.92 Å². The van der Waals surface area contributed by atoms with E-state index in [0.29, 0.717) is 23.1 Å². The predicted octanol–water partition coefficient (Wildman–Crippen LogP) is 3.42. The van der Waals surface area contributed by atoms with Crippen LogP contribution in [0.4, 0.5) is 5.69 Å². The van der Waals surface area contributed by atoms with Gasteiger partial charge in [-0.3, -0.25) is 4.79 Å². The van der Waals surface area contributed by atoms with Crippen LogP contribution in [0.5, 0.6) is 0 Å². The quantitative estimate of drug-likeness (QED) is 0.515. The second-order valence-corrected chi connectivity index (χ2v) is 11.0. The van der Waals surface area contributed by atoms with Crippen LogP contribution in [0.1, 0.15) is 30.1 Å². The Morgan fingerprint density at radius 1 is 1.12 bits per heavy atom. The number of nitrogens with zero attached hydrogens (tertiary/aromatic N) is 4. The number of nitrogens with one attached hydrogen (secondary N) is 1. The molecule has 2 aromatic carbocycles. The van der Waals surface area contributed by atoms with E-state index in [9.17, 15) is 13.2 Å². The van der Waals surface area contributed by atoms with Crippen molar-refractivity contribution in [1.82, 2.24) is 19.1 Å². The number of sulfonamides is 1. The van der Waals surface area contributed by atoms with Crippen LogP contribution in [0.25, 0.3) is 0 Å². The first kappa shape index (κ1) is 23.5. The van der Waals surface area contributed by atoms with E-state index in [0.717, 1.165) is 29.9 Å². The van der Waals surface area contributed by atoms with E-state index in [1.54, 1.807) is 30.3 Å². The molecule has 1 amide bonds. The lowest BCUT2D eigenvalue weighted by atomic mass is 9.99. The molecular formula is C23H27N5O3S2. The second kappa shape index (κ2) is 10.1. The summed E-state index contributed by atoms with van der Waals surface area (Å²) in [6, 6.07) is 16.2. The van der Waals surface area contributed by atoms with Gasteiger partial charge in [0.25, 0.3) is 0 Å². The Balaban J connectivity index is 1.39. The molecule has 1 saturated heterocycles. The summed E-state index contributed by atoms with van der Waals surface area (Å²) < 4.78 is 29.5. The van der Waals surface area contributed by atoms with Crippen LogP contribution in [-0.2, 0) is 21.9 Å². The van der Waals surface area contributed by atoms with Crippen molar-refractivity contribution in [3.63, 3.8) is 0 Å². The average Bonchev–Trinajstić information content (AvgIpc) is 3.20. The van der Waals surface area contributed by atoms with Crippen LogP contribution in [0.15, 0.2) is 64.6 Å². The summed E-state index contributed by atoms with van der Waals surface area (Å²) in [5.41, 5.74) is 1.89. The fraction of sp³-hybridized carbons (Fsp3) is 0.348. The standard InChI is InChI=1S/C23H27N5O3S2/c1-17-10-12-19(13-11-17)24-21(29)16-32-23-26-25-22(27(23)2)18-7-6-14-28(15-18)33(30,31)20-8-4-3-5-9-20/h3-5,8-13,18H,6-7,14-16H2,1-2H3,(H,24,29)/t18-/m1/s1. The molecule has 0 unspecified atom stereocenters. The molecule has 1 atom stereocenters. The molecule has 2 heterocycles. The first-order chi connectivity index (χ1) is 15.8. The Morgan fingerprint density at radius 3 is 2.58 bits per heavy atom. The minimum absolute atomic E-state index is 0.0505. The monoisotopic (exact) mass is 485 g/mol. The number of anilines is 1. The molecule has 1 aliphatic heterocycles. The minimum Gasteiger partial charge on any atom is -0.325 e. The zero-order valence-corrected chi connectivity index (χ0v) is 20.3. The highest BCUT2D eigenvalue weighted by Crippen LogP contribution is 2.30. The third-order valence-electron chi connectivity index (χ3n) is 5.67. The van der Waals surface area contributed by atoms with Crippen molar-refractivity contribution >= 4 is 33.4 Å². The van der Waals surface area contributed by atoms with Crippen molar-refractivity contribution in [3.8, 4) is 0 Å². The van der Waals surface area contributed by atoms with Gasteiger partial charge in [-0.15, -0.1) is 10.2 Å². The predicted molar refractivity (Wildman–Crippen MR) is 129 cm³/mol. The Labute approximate surface area is 198 Å². The summed E-state index contributed by atoms with van der Waals surface area (Å²) in [5.74, 6) is 0.778. The van der Waals surface area contributed by atoms with E-state index in [-0.39, 0.29) is 17.6 Å². The maximum atomic E-state index is 13.0. The molecule has 4 rings (SSSR count). The number of carbonyl (C=O) groups excluding carboxylic acids is 1. The fourth-order valence-corrected chi connectivity index (χ4v) is 6.15. The summed E-state index contributed by atoms with van der Waals surface area (Å²) in [4.78, 5) is 12.6. The van der Waals surface area contributed by atoms with Gasteiger partial charge in [0.2, 0.25) is 15.9 Å². The molecule has 0 aliphatic carbocycles. The van der Waals surface area contributed by atoms with E-state index in [2.05, 4.69) is 15.5 Å². The summed E-state index contributed by atoms with van der Waals surface area (Å²) in [6.07, 6.45) is 1.59. The van der Waals surface area contributed by atoms with Crippen molar-refractivity contribution < 1.29 is 13.2 Å². The van der Waals surface area contributed by atoms with Crippen LogP contribution < -0.4 is 5.32 Å². The number of amides is 1. The van der Waals surface area contributed by atoms with E-state index in [1.807, 2.05) is 42.8 Å². The highest BCUT2D eigenvalue weighted by molar-refractivity contribution is 7.99. The molecule has 1 aromatic heterocycles. The summed E-state index contributed by atoms with van der Waals surface area (Å²) >= 11 is 1.31. The van der Waals surface area contributed by atoms with Crippen LogP contribution in [0.3, 0.4) is 0 Å². The second-order valence-electron chi connectivity index (χ2n) is 8.12. The molecule has 0 radical (unpaired) electrons. The Kier molecular flexibility index (Phi) is 7.16. The normalized spacial score (nSPS) is 17.1. The van der Waals surface area contributed by atoms with Gasteiger partial charge in [0.15, 0.2) is 5.16 Å². The number of carbonyl (C=O) groups is 1. The van der Waals surface area contributed by atoms with Crippen LogP contribution in [0.2, 0.25) is 0 Å². The van der Waals surface area contributed by atoms with Gasteiger partial charge in [-0.05, 0) is 44.0 Å². The number of rotatable bonds is 7. The number of aryl methyl sites for hydroxylation is 1. The van der Waals surface area contributed by atoms with Gasteiger partial charge in [0.1, 0.15) is 5.82 Å². The highest BCUT2D eigenvalue weighted by Gasteiger charge is 2.33. The maximum Gasteiger partial charge on any atom is 0.243 e. The molecule has 33 heavy (non-hydrogen) atoms. The van der Waals surface area contributed by atoms with E-state index < -0.39 is 10.0 Å². The number of hydrogen-bond acceptors (Lipinski definition) is 6. The number of hydrogen-bond donors (Lipinski definition) is 1. The topological polar surface area (TPSA) is 97.2 Å². The molecule has 0 spiro atoms. The molecule has 1 fully saturated rings. The van der Waals surface area contributed by atoms with E-state index in [4.69, 9.17) is 0 Å². The summed E-state index contributed by atoms with van der Waals surface area (Å²) in [6.45, 7) is 2.85. The molecule has 8 nitrogen and oxygen atoms in total. The van der Waals surface area contributed by atoms with Gasteiger partial charge < -0.3 is 9.88 Å². The van der Waals surface area contributed by atoms with Crippen LogP contribution in [-0.4, -0.2) is 52.2 Å². The zero-order chi connectivity index (χ0) is 23.4. The van der Waals surface area contributed by atoms with Gasteiger partial charge in [-0.1, -0.05) is 47.7 Å². The van der Waals surface area contributed by atoms with Gasteiger partial charge in [0.05, 0.1) is 10.6 Å². The van der Waals surface area contributed by atoms with Gasteiger partial charge in [-0.2, -0.15) is 4.31 Å². The Morgan fingerprint density at radius 2 is 1.85 bits per heavy atom. The molecule has 174 valence electrons. The number of aromatic nitrogens is 3. The van der Waals surface area contributed by atoms with Crippen molar-refractivity contribution in [2.75, 3.05) is 24.2 Å². The molecule has 1 N–H and O–H groups in total. The van der Waals surface area contributed by atoms with Gasteiger partial charge in [-0.25, -0.2) is 8.42 Å². The molecule has 1 aliphatic rings. The summed E-state index contributed by atoms with van der Waals surface area (Å²) in [5, 5.41) is 12.1. The lowest BCUT2D eigenvalue weighted by molar-refractivity contribution is -0.113. The van der Waals surface area contributed by atoms with Gasteiger partial charge >= 0.3 is 0 Å². The first-order valence-corrected chi connectivity index (χ1v) is 13.2. The lowest BCUT2D eigenvalue weighted by Crippen LogP contribution is -2.39. The van der Waals surface area contributed by atoms with E-state index >= 15 is 0 Å². The third kappa shape index (κ3) is 5.45. The number of benzene rings is 2. The van der Waals surface area contributed by atoms with Crippen molar-refractivity contribution in [2.24, 2.45) is 7.05 Å². The number of piperidine rings is 1. The largest absolute Gasteiger partial charge is 0.325 e. The zero-order valence-electron chi connectivity index (χ0n) is 18.6. The van der Waals surface area contributed by atoms with E-state index in [1.165, 1.54) is 16.1 Å². The smallest absolute Gasteiger partial charge is 0.243 e. The summed E-state index contributed by atoms with van der Waals surface area (Å²) in [7, 11) is -1.68. The molecule has 3 aromatic rings. The van der Waals surface area contributed by atoms with Crippen molar-refractivity contribution in [1.29, 1.82) is 0 Å². The maximum absolute atomic E-state index is 13.0. The Bertz CT molecular complexity index is 1210. The number of thioether (sulfide) groups is 1. The third-order valence-corrected chi connectivity index (χ3v) is 8.57. The van der Waals surface area contributed by atoms with Crippen molar-refractivity contribution in [3.05, 3.63) is 66.0 Å². The first-order valence-electron chi connectivity index (χ1n) is 10.8.